The zero-order valence-electron chi connectivity index (χ0n) is 14.1. The maximum atomic E-state index is 5.97. The molecule has 6 nitrogen and oxygen atoms in total. The van der Waals surface area contributed by atoms with Crippen molar-refractivity contribution < 1.29 is 9.15 Å². The Labute approximate surface area is 149 Å². The van der Waals surface area contributed by atoms with Gasteiger partial charge in [0, 0.05) is 16.8 Å². The smallest absolute Gasteiger partial charge is 0.142 e. The molecule has 2 aromatic heterocycles. The van der Waals surface area contributed by atoms with Gasteiger partial charge < -0.3 is 14.5 Å². The summed E-state index contributed by atoms with van der Waals surface area (Å²) in [5, 5.41) is 13.9. The fraction of sp³-hybridized carbons (Fsp3) is 0.100. The summed E-state index contributed by atoms with van der Waals surface area (Å²) in [7, 11) is 1.67. The molecule has 2 heterocycles. The molecule has 0 bridgehead atoms. The van der Waals surface area contributed by atoms with Crippen molar-refractivity contribution in [2.75, 3.05) is 12.4 Å². The summed E-state index contributed by atoms with van der Waals surface area (Å²) in [6.45, 7) is 0.475. The zero-order valence-corrected chi connectivity index (χ0v) is 14.1. The molecule has 0 saturated carbocycles. The van der Waals surface area contributed by atoms with E-state index in [1.54, 1.807) is 7.11 Å². The number of ether oxygens (including phenoxy) is 1. The van der Waals surface area contributed by atoms with Crippen LogP contribution < -0.4 is 10.1 Å². The lowest BCUT2D eigenvalue weighted by Gasteiger charge is -2.11. The van der Waals surface area contributed by atoms with Crippen LogP contribution >= 0.6 is 0 Å². The number of hydrogen-bond acceptors (Lipinski definition) is 5. The maximum absolute atomic E-state index is 5.97. The number of methoxy groups -OCH3 is 1. The number of nitrogens with zero attached hydrogens (tertiary/aromatic N) is 3. The zero-order chi connectivity index (χ0) is 17.5. The van der Waals surface area contributed by atoms with Crippen LogP contribution in [0.15, 0.2) is 65.1 Å². The molecule has 0 amide bonds. The molecule has 0 saturated heterocycles. The van der Waals surface area contributed by atoms with Gasteiger partial charge in [0.25, 0.3) is 0 Å². The second-order valence-electron chi connectivity index (χ2n) is 6.06. The van der Waals surface area contributed by atoms with E-state index in [9.17, 15) is 0 Å². The highest BCUT2D eigenvalue weighted by Crippen LogP contribution is 2.36. The molecule has 0 unspecified atom stereocenters. The summed E-state index contributed by atoms with van der Waals surface area (Å²) < 4.78 is 13.4. The first-order chi connectivity index (χ1) is 12.8. The first kappa shape index (κ1) is 14.8. The lowest BCUT2D eigenvalue weighted by molar-refractivity contribution is 0.416. The normalized spacial score (nSPS) is 11.4. The van der Waals surface area contributed by atoms with Gasteiger partial charge in [-0.05, 0) is 24.3 Å². The van der Waals surface area contributed by atoms with Gasteiger partial charge in [-0.2, -0.15) is 0 Å². The van der Waals surface area contributed by atoms with Gasteiger partial charge >= 0.3 is 0 Å². The lowest BCUT2D eigenvalue weighted by atomic mass is 10.1. The van der Waals surface area contributed by atoms with Crippen LogP contribution in [-0.2, 0) is 6.67 Å². The van der Waals surface area contributed by atoms with Crippen LogP contribution in [0.3, 0.4) is 0 Å². The Bertz CT molecular complexity index is 1240. The molecule has 0 atom stereocenters. The second kappa shape index (κ2) is 5.77. The number of anilines is 1. The minimum atomic E-state index is 0.475. The predicted molar refractivity (Wildman–Crippen MR) is 101 cm³/mol. The Morgan fingerprint density at radius 1 is 1.00 bits per heavy atom. The first-order valence-corrected chi connectivity index (χ1v) is 8.35. The minimum Gasteiger partial charge on any atom is -0.495 e. The van der Waals surface area contributed by atoms with Crippen LogP contribution in [0.5, 0.6) is 5.75 Å². The van der Waals surface area contributed by atoms with Crippen LogP contribution in [0.1, 0.15) is 0 Å². The van der Waals surface area contributed by atoms with Crippen molar-refractivity contribution in [1.29, 1.82) is 0 Å². The quantitative estimate of drug-likeness (QED) is 0.523. The third kappa shape index (κ3) is 2.27. The van der Waals surface area contributed by atoms with Crippen molar-refractivity contribution in [3.63, 3.8) is 0 Å². The molecule has 3 aromatic carbocycles. The fourth-order valence-corrected chi connectivity index (χ4v) is 3.25. The summed E-state index contributed by atoms with van der Waals surface area (Å²) in [6, 6.07) is 19.8. The van der Waals surface area contributed by atoms with Gasteiger partial charge in [0.15, 0.2) is 0 Å². The van der Waals surface area contributed by atoms with Crippen LogP contribution in [0.2, 0.25) is 0 Å². The Morgan fingerprint density at radius 3 is 2.77 bits per heavy atom. The molecule has 128 valence electrons. The van der Waals surface area contributed by atoms with Crippen molar-refractivity contribution in [3.05, 3.63) is 60.7 Å². The van der Waals surface area contributed by atoms with E-state index in [0.717, 1.165) is 44.4 Å². The van der Waals surface area contributed by atoms with E-state index in [4.69, 9.17) is 9.15 Å². The van der Waals surface area contributed by atoms with Crippen LogP contribution in [0, 0.1) is 0 Å². The number of benzene rings is 3. The molecular weight excluding hydrogens is 328 g/mol. The molecule has 1 N–H and O–H groups in total. The van der Waals surface area contributed by atoms with Gasteiger partial charge in [0.2, 0.25) is 0 Å². The topological polar surface area (TPSA) is 65.1 Å². The number of hydrogen-bond donors (Lipinski definition) is 1. The maximum Gasteiger partial charge on any atom is 0.142 e. The third-order valence-electron chi connectivity index (χ3n) is 4.54. The summed E-state index contributed by atoms with van der Waals surface area (Å²) in [4.78, 5) is 0. The highest BCUT2D eigenvalue weighted by atomic mass is 16.5. The van der Waals surface area contributed by atoms with Crippen molar-refractivity contribution in [2.45, 2.75) is 6.67 Å². The molecule has 5 rings (SSSR count). The molecule has 26 heavy (non-hydrogen) atoms. The number of rotatable bonds is 4. The molecule has 6 heteroatoms. The van der Waals surface area contributed by atoms with Crippen LogP contribution in [0.25, 0.3) is 33.0 Å². The second-order valence-corrected chi connectivity index (χ2v) is 6.06. The molecule has 0 aliphatic heterocycles. The molecule has 0 spiro atoms. The summed E-state index contributed by atoms with van der Waals surface area (Å²) in [5.41, 5.74) is 4.37. The van der Waals surface area contributed by atoms with Gasteiger partial charge in [-0.25, -0.2) is 4.68 Å². The summed E-state index contributed by atoms with van der Waals surface area (Å²) in [6.07, 6.45) is 0. The van der Waals surface area contributed by atoms with Crippen LogP contribution in [-0.4, -0.2) is 22.1 Å². The lowest BCUT2D eigenvalue weighted by Crippen LogP contribution is -2.10. The van der Waals surface area contributed by atoms with Crippen LogP contribution in [0.4, 0.5) is 5.69 Å². The van der Waals surface area contributed by atoms with Gasteiger partial charge in [-0.15, -0.1) is 5.10 Å². The summed E-state index contributed by atoms with van der Waals surface area (Å²) >= 11 is 0. The van der Waals surface area contributed by atoms with E-state index in [1.807, 2.05) is 59.3 Å². The number of furan rings is 1. The SMILES string of the molecule is COc1cc2c(cc1NCn1nnc3ccccc31)oc1ccccc12. The summed E-state index contributed by atoms with van der Waals surface area (Å²) in [5.74, 6) is 0.758. The number of nitrogens with one attached hydrogen (secondary N) is 1. The highest BCUT2D eigenvalue weighted by molar-refractivity contribution is 6.06. The van der Waals surface area contributed by atoms with Gasteiger partial charge in [-0.1, -0.05) is 35.5 Å². The van der Waals surface area contributed by atoms with E-state index in [1.165, 1.54) is 0 Å². The minimum absolute atomic E-state index is 0.475. The standard InChI is InChI=1S/C20H16N4O2/c1-25-20-10-14-13-6-2-5-9-18(13)26-19(14)11-16(20)21-12-24-17-8-4-3-7-15(17)22-23-24/h2-11,21H,12H2,1H3. The number of para-hydroxylation sites is 2. The van der Waals surface area contributed by atoms with Crippen molar-refractivity contribution in [1.82, 2.24) is 15.0 Å². The first-order valence-electron chi connectivity index (χ1n) is 8.35. The van der Waals surface area contributed by atoms with Gasteiger partial charge in [-0.3, -0.25) is 0 Å². The van der Waals surface area contributed by atoms with Gasteiger partial charge in [0.1, 0.15) is 29.1 Å². The Kier molecular flexibility index (Phi) is 3.28. The predicted octanol–water partition coefficient (Wildman–Crippen LogP) is 4.41. The van der Waals surface area contributed by atoms with E-state index in [-0.39, 0.29) is 0 Å². The average molecular weight is 344 g/mol. The molecule has 0 radical (unpaired) electrons. The molecular formula is C20H16N4O2. The number of fused-ring (bicyclic) bond motifs is 4. The van der Waals surface area contributed by atoms with E-state index in [2.05, 4.69) is 21.7 Å². The van der Waals surface area contributed by atoms with Gasteiger partial charge in [0.05, 0.1) is 18.3 Å². The molecule has 5 aromatic rings. The average Bonchev–Trinajstić information content (AvgIpc) is 3.26. The van der Waals surface area contributed by atoms with Crippen molar-refractivity contribution >= 4 is 38.7 Å². The van der Waals surface area contributed by atoms with E-state index < -0.39 is 0 Å². The molecule has 0 fully saturated rings. The Morgan fingerprint density at radius 2 is 1.85 bits per heavy atom. The van der Waals surface area contributed by atoms with Crippen molar-refractivity contribution in [2.24, 2.45) is 0 Å². The Hall–Kier alpha value is -3.54. The monoisotopic (exact) mass is 344 g/mol. The fourth-order valence-electron chi connectivity index (χ4n) is 3.25. The highest BCUT2D eigenvalue weighted by Gasteiger charge is 2.12. The molecule has 0 aliphatic carbocycles. The Balaban J connectivity index is 1.54. The number of aromatic nitrogens is 3. The molecule has 0 aliphatic rings. The van der Waals surface area contributed by atoms with Crippen molar-refractivity contribution in [3.8, 4) is 5.75 Å². The third-order valence-corrected chi connectivity index (χ3v) is 4.54. The van der Waals surface area contributed by atoms with E-state index >= 15 is 0 Å². The van der Waals surface area contributed by atoms with E-state index in [0.29, 0.717) is 6.67 Å². The largest absolute Gasteiger partial charge is 0.495 e.